The summed E-state index contributed by atoms with van der Waals surface area (Å²) >= 11 is 0. The summed E-state index contributed by atoms with van der Waals surface area (Å²) in [6.45, 7) is 8.25. The molecule has 1 aliphatic rings. The van der Waals surface area contributed by atoms with E-state index in [4.69, 9.17) is 0 Å². The van der Waals surface area contributed by atoms with E-state index in [-0.39, 0.29) is 0 Å². The van der Waals surface area contributed by atoms with E-state index in [9.17, 15) is 5.11 Å². The third-order valence-electron chi connectivity index (χ3n) is 4.37. The van der Waals surface area contributed by atoms with Crippen LogP contribution in [-0.4, -0.2) is 29.2 Å². The Morgan fingerprint density at radius 3 is 2.16 bits per heavy atom. The fourth-order valence-electron chi connectivity index (χ4n) is 3.48. The Balaban J connectivity index is 2.04. The van der Waals surface area contributed by atoms with Crippen LogP contribution in [0.25, 0.3) is 0 Å². The molecule has 0 amide bonds. The van der Waals surface area contributed by atoms with E-state index in [1.165, 1.54) is 35.1 Å². The molecule has 0 aromatic heterocycles. The molecule has 0 atom stereocenters. The highest BCUT2D eigenvalue weighted by Gasteiger charge is 2.32. The van der Waals surface area contributed by atoms with Gasteiger partial charge in [0.1, 0.15) is 0 Å². The lowest BCUT2D eigenvalue weighted by molar-refractivity contribution is 0.0144. The highest BCUT2D eigenvalue weighted by molar-refractivity contribution is 5.37. The first kappa shape index (κ1) is 14.5. The zero-order chi connectivity index (χ0) is 14.0. The minimum Gasteiger partial charge on any atom is -0.389 e. The lowest BCUT2D eigenvalue weighted by atomic mass is 9.98. The van der Waals surface area contributed by atoms with Crippen molar-refractivity contribution in [2.75, 3.05) is 13.6 Å². The fourth-order valence-corrected chi connectivity index (χ4v) is 3.48. The molecule has 0 saturated heterocycles. The number of likely N-dealkylation sites (N-methyl/N-ethyl adjacent to an activating group) is 1. The third-order valence-corrected chi connectivity index (χ3v) is 4.37. The molecule has 0 bridgehead atoms. The maximum Gasteiger partial charge on any atom is 0.0774 e. The van der Waals surface area contributed by atoms with E-state index in [0.717, 1.165) is 25.9 Å². The molecule has 106 valence electrons. The molecule has 0 heterocycles. The molecule has 1 saturated carbocycles. The minimum atomic E-state index is -0.443. The van der Waals surface area contributed by atoms with Crippen molar-refractivity contribution in [3.63, 3.8) is 0 Å². The van der Waals surface area contributed by atoms with Crippen molar-refractivity contribution in [3.8, 4) is 0 Å². The molecule has 2 nitrogen and oxygen atoms in total. The smallest absolute Gasteiger partial charge is 0.0774 e. The average molecular weight is 261 g/mol. The van der Waals surface area contributed by atoms with E-state index < -0.39 is 5.60 Å². The lowest BCUT2D eigenvalue weighted by Crippen LogP contribution is -2.39. The maximum atomic E-state index is 10.5. The molecule has 2 heteroatoms. The topological polar surface area (TPSA) is 23.5 Å². The molecule has 0 spiro atoms. The van der Waals surface area contributed by atoms with Gasteiger partial charge in [-0.2, -0.15) is 0 Å². The molecule has 19 heavy (non-hydrogen) atoms. The van der Waals surface area contributed by atoms with Crippen molar-refractivity contribution in [2.24, 2.45) is 0 Å². The SMILES string of the molecule is Cc1cc(C)c(CN(C)CC2(O)CCCC2)c(C)c1. The van der Waals surface area contributed by atoms with Gasteiger partial charge in [-0.15, -0.1) is 0 Å². The molecule has 1 aromatic carbocycles. The molecular weight excluding hydrogens is 234 g/mol. The van der Waals surface area contributed by atoms with Gasteiger partial charge in [-0.25, -0.2) is 0 Å². The van der Waals surface area contributed by atoms with Gasteiger partial charge in [0.15, 0.2) is 0 Å². The van der Waals surface area contributed by atoms with Gasteiger partial charge in [0.05, 0.1) is 5.60 Å². The predicted molar refractivity (Wildman–Crippen MR) is 80.4 cm³/mol. The van der Waals surface area contributed by atoms with Crippen LogP contribution >= 0.6 is 0 Å². The molecule has 1 aromatic rings. The Kier molecular flexibility index (Phi) is 4.32. The highest BCUT2D eigenvalue weighted by Crippen LogP contribution is 2.30. The van der Waals surface area contributed by atoms with E-state index >= 15 is 0 Å². The first-order chi connectivity index (χ1) is 8.89. The average Bonchev–Trinajstić information content (AvgIpc) is 2.70. The van der Waals surface area contributed by atoms with E-state index in [2.05, 4.69) is 44.9 Å². The Morgan fingerprint density at radius 1 is 1.11 bits per heavy atom. The van der Waals surface area contributed by atoms with Gasteiger partial charge in [-0.3, -0.25) is 4.90 Å². The molecule has 1 aliphatic carbocycles. The van der Waals surface area contributed by atoms with Crippen LogP contribution in [0.4, 0.5) is 0 Å². The van der Waals surface area contributed by atoms with Gasteiger partial charge >= 0.3 is 0 Å². The van der Waals surface area contributed by atoms with Gasteiger partial charge < -0.3 is 5.11 Å². The molecule has 1 fully saturated rings. The summed E-state index contributed by atoms with van der Waals surface area (Å²) in [5, 5.41) is 10.5. The summed E-state index contributed by atoms with van der Waals surface area (Å²) in [5.74, 6) is 0. The Hall–Kier alpha value is -0.860. The summed E-state index contributed by atoms with van der Waals surface area (Å²) in [6.07, 6.45) is 4.27. The van der Waals surface area contributed by atoms with Crippen molar-refractivity contribution in [1.82, 2.24) is 4.90 Å². The van der Waals surface area contributed by atoms with Crippen molar-refractivity contribution in [1.29, 1.82) is 0 Å². The van der Waals surface area contributed by atoms with Crippen LogP contribution in [0.2, 0.25) is 0 Å². The number of aryl methyl sites for hydroxylation is 3. The van der Waals surface area contributed by atoms with Crippen LogP contribution in [-0.2, 0) is 6.54 Å². The summed E-state index contributed by atoms with van der Waals surface area (Å²) in [4.78, 5) is 2.27. The minimum absolute atomic E-state index is 0.443. The largest absolute Gasteiger partial charge is 0.389 e. The van der Waals surface area contributed by atoms with E-state index in [1.54, 1.807) is 0 Å². The standard InChI is InChI=1S/C17H27NO/c1-13-9-14(2)16(15(3)10-13)11-18(4)12-17(19)7-5-6-8-17/h9-10,19H,5-8,11-12H2,1-4H3. The normalized spacial score (nSPS) is 18.2. The van der Waals surface area contributed by atoms with Crippen LogP contribution in [0.1, 0.15) is 47.9 Å². The Bertz CT molecular complexity index is 424. The van der Waals surface area contributed by atoms with Crippen LogP contribution in [0.15, 0.2) is 12.1 Å². The summed E-state index contributed by atoms with van der Waals surface area (Å²) in [6, 6.07) is 4.50. The quantitative estimate of drug-likeness (QED) is 0.898. The summed E-state index contributed by atoms with van der Waals surface area (Å²) < 4.78 is 0. The zero-order valence-corrected chi connectivity index (χ0v) is 12.8. The van der Waals surface area contributed by atoms with Crippen LogP contribution < -0.4 is 0 Å². The van der Waals surface area contributed by atoms with Crippen LogP contribution in [0.3, 0.4) is 0 Å². The van der Waals surface area contributed by atoms with Crippen molar-refractivity contribution < 1.29 is 5.11 Å². The highest BCUT2D eigenvalue weighted by atomic mass is 16.3. The monoisotopic (exact) mass is 261 g/mol. The van der Waals surface area contributed by atoms with Crippen molar-refractivity contribution in [2.45, 2.75) is 58.6 Å². The second-order valence-electron chi connectivity index (χ2n) is 6.48. The van der Waals surface area contributed by atoms with E-state index in [0.29, 0.717) is 0 Å². The molecule has 0 radical (unpaired) electrons. The molecular formula is C17H27NO. The number of nitrogens with zero attached hydrogens (tertiary/aromatic N) is 1. The van der Waals surface area contributed by atoms with Crippen LogP contribution in [0.5, 0.6) is 0 Å². The number of aliphatic hydroxyl groups is 1. The number of hydrogen-bond donors (Lipinski definition) is 1. The van der Waals surface area contributed by atoms with Crippen molar-refractivity contribution in [3.05, 3.63) is 34.4 Å². The number of rotatable bonds is 4. The van der Waals surface area contributed by atoms with Gasteiger partial charge in [0.2, 0.25) is 0 Å². The van der Waals surface area contributed by atoms with Crippen molar-refractivity contribution >= 4 is 0 Å². The van der Waals surface area contributed by atoms with Gasteiger partial charge in [-0.05, 0) is 57.4 Å². The molecule has 2 rings (SSSR count). The third kappa shape index (κ3) is 3.58. The molecule has 0 aliphatic heterocycles. The first-order valence-corrected chi connectivity index (χ1v) is 7.37. The zero-order valence-electron chi connectivity index (χ0n) is 12.8. The van der Waals surface area contributed by atoms with Gasteiger partial charge in [-0.1, -0.05) is 30.5 Å². The van der Waals surface area contributed by atoms with Gasteiger partial charge in [0.25, 0.3) is 0 Å². The molecule has 1 N–H and O–H groups in total. The fraction of sp³-hybridized carbons (Fsp3) is 0.647. The van der Waals surface area contributed by atoms with E-state index in [1.807, 2.05) is 0 Å². The van der Waals surface area contributed by atoms with Gasteiger partial charge in [0, 0.05) is 13.1 Å². The Morgan fingerprint density at radius 2 is 1.63 bits per heavy atom. The summed E-state index contributed by atoms with van der Waals surface area (Å²) in [7, 11) is 2.12. The predicted octanol–water partition coefficient (Wildman–Crippen LogP) is 3.35. The summed E-state index contributed by atoms with van der Waals surface area (Å²) in [5.41, 5.74) is 5.03. The maximum absolute atomic E-state index is 10.5. The number of hydrogen-bond acceptors (Lipinski definition) is 2. The second kappa shape index (κ2) is 5.64. The Labute approximate surface area is 117 Å². The second-order valence-corrected chi connectivity index (χ2v) is 6.48. The molecule has 0 unspecified atom stereocenters. The number of benzene rings is 1. The lowest BCUT2D eigenvalue weighted by Gasteiger charge is -2.29. The van der Waals surface area contributed by atoms with Crippen LogP contribution in [0, 0.1) is 20.8 Å². The first-order valence-electron chi connectivity index (χ1n) is 7.37.